The number of aliphatic hydroxyl groups is 1. The fraction of sp³-hybridized carbons (Fsp3) is 0.923. The average molecular weight is 207 g/mol. The van der Waals surface area contributed by atoms with Gasteiger partial charge in [0.2, 0.25) is 0 Å². The smallest absolute Gasteiger partial charge is 0.0621 e. The molecule has 2 nitrogen and oxygen atoms in total. The Labute approximate surface area is 92.3 Å². The van der Waals surface area contributed by atoms with Crippen molar-refractivity contribution in [1.82, 2.24) is 0 Å². The second-order valence-corrected chi connectivity index (χ2v) is 6.22. The summed E-state index contributed by atoms with van der Waals surface area (Å²) in [5, 5.41) is 18.9. The van der Waals surface area contributed by atoms with E-state index in [4.69, 9.17) is 5.26 Å². The van der Waals surface area contributed by atoms with Crippen LogP contribution in [0.5, 0.6) is 0 Å². The van der Waals surface area contributed by atoms with E-state index in [1.54, 1.807) is 0 Å². The number of hydrogen-bond donors (Lipinski definition) is 1. The Bertz CT molecular complexity index is 304. The summed E-state index contributed by atoms with van der Waals surface area (Å²) in [6, 6.07) is 2.21. The van der Waals surface area contributed by atoms with Crippen LogP contribution in [0.1, 0.15) is 46.5 Å². The molecular formula is C13H21NO. The van der Waals surface area contributed by atoms with Crippen molar-refractivity contribution >= 4 is 0 Å². The minimum absolute atomic E-state index is 0.0199. The SMILES string of the molecule is CC1(C)[C@@H]2C[C@H]1[C@](C)(CCC#N)[C@@H](O)C2. The summed E-state index contributed by atoms with van der Waals surface area (Å²) in [5.41, 5.74) is 0.359. The molecule has 0 unspecified atom stereocenters. The molecule has 0 spiro atoms. The van der Waals surface area contributed by atoms with Crippen LogP contribution in [-0.4, -0.2) is 11.2 Å². The van der Waals surface area contributed by atoms with Crippen LogP contribution in [0.4, 0.5) is 0 Å². The van der Waals surface area contributed by atoms with Gasteiger partial charge in [0.25, 0.3) is 0 Å². The molecule has 0 amide bonds. The van der Waals surface area contributed by atoms with Crippen molar-refractivity contribution in [2.75, 3.05) is 0 Å². The first-order chi connectivity index (χ1) is 6.93. The van der Waals surface area contributed by atoms with Crippen LogP contribution >= 0.6 is 0 Å². The number of aliphatic hydroxyl groups excluding tert-OH is 1. The highest BCUT2D eigenvalue weighted by Gasteiger charge is 2.62. The maximum Gasteiger partial charge on any atom is 0.0621 e. The predicted molar refractivity (Wildman–Crippen MR) is 59.0 cm³/mol. The van der Waals surface area contributed by atoms with Crippen LogP contribution in [0, 0.1) is 34.0 Å². The van der Waals surface area contributed by atoms with Gasteiger partial charge in [-0.2, -0.15) is 5.26 Å². The summed E-state index contributed by atoms with van der Waals surface area (Å²) >= 11 is 0. The zero-order chi connectivity index (χ0) is 11.3. The van der Waals surface area contributed by atoms with Crippen molar-refractivity contribution in [2.24, 2.45) is 22.7 Å². The molecule has 3 saturated carbocycles. The van der Waals surface area contributed by atoms with Gasteiger partial charge in [-0.05, 0) is 41.9 Å². The van der Waals surface area contributed by atoms with Gasteiger partial charge in [-0.15, -0.1) is 0 Å². The van der Waals surface area contributed by atoms with E-state index in [0.717, 1.165) is 12.8 Å². The molecule has 3 rings (SSSR count). The van der Waals surface area contributed by atoms with E-state index in [9.17, 15) is 5.11 Å². The molecule has 2 heteroatoms. The fourth-order valence-electron chi connectivity index (χ4n) is 3.97. The molecule has 3 aliphatic carbocycles. The Morgan fingerprint density at radius 3 is 2.53 bits per heavy atom. The van der Waals surface area contributed by atoms with Gasteiger partial charge in [-0.3, -0.25) is 0 Å². The number of rotatable bonds is 2. The Hall–Kier alpha value is -0.550. The largest absolute Gasteiger partial charge is 0.393 e. The van der Waals surface area contributed by atoms with Crippen molar-refractivity contribution in [2.45, 2.75) is 52.6 Å². The molecule has 0 radical (unpaired) electrons. The molecule has 0 aromatic rings. The highest BCUT2D eigenvalue weighted by Crippen LogP contribution is 2.66. The lowest BCUT2D eigenvalue weighted by molar-refractivity contribution is -0.209. The van der Waals surface area contributed by atoms with Crippen molar-refractivity contribution in [3.8, 4) is 6.07 Å². The van der Waals surface area contributed by atoms with Gasteiger partial charge in [0, 0.05) is 6.42 Å². The first kappa shape index (κ1) is 11.0. The molecule has 0 heterocycles. The van der Waals surface area contributed by atoms with Gasteiger partial charge in [-0.1, -0.05) is 20.8 Å². The third-order valence-electron chi connectivity index (χ3n) is 5.31. The quantitative estimate of drug-likeness (QED) is 0.756. The molecule has 4 atom stereocenters. The number of nitrogens with zero attached hydrogens (tertiary/aromatic N) is 1. The van der Waals surface area contributed by atoms with E-state index in [1.807, 2.05) is 0 Å². The minimum atomic E-state index is -0.192. The van der Waals surface area contributed by atoms with Crippen molar-refractivity contribution in [1.29, 1.82) is 5.26 Å². The molecule has 0 aromatic heterocycles. The molecule has 84 valence electrons. The normalized spacial score (nSPS) is 46.7. The Morgan fingerprint density at radius 2 is 2.00 bits per heavy atom. The lowest BCUT2D eigenvalue weighted by Crippen LogP contribution is -2.62. The summed E-state index contributed by atoms with van der Waals surface area (Å²) in [6.07, 6.45) is 3.43. The van der Waals surface area contributed by atoms with Crippen molar-refractivity contribution in [3.05, 3.63) is 0 Å². The highest BCUT2D eigenvalue weighted by atomic mass is 16.3. The van der Waals surface area contributed by atoms with Gasteiger partial charge >= 0.3 is 0 Å². The number of fused-ring (bicyclic) bond motifs is 2. The second kappa shape index (κ2) is 3.22. The molecule has 3 aliphatic rings. The first-order valence-corrected chi connectivity index (χ1v) is 5.98. The van der Waals surface area contributed by atoms with E-state index >= 15 is 0 Å². The summed E-state index contributed by atoms with van der Waals surface area (Å²) < 4.78 is 0. The second-order valence-electron chi connectivity index (χ2n) is 6.22. The van der Waals surface area contributed by atoms with E-state index in [1.165, 1.54) is 6.42 Å². The summed E-state index contributed by atoms with van der Waals surface area (Å²) in [5.74, 6) is 1.31. The lowest BCUT2D eigenvalue weighted by Gasteiger charge is -2.66. The van der Waals surface area contributed by atoms with Gasteiger partial charge < -0.3 is 5.11 Å². The first-order valence-electron chi connectivity index (χ1n) is 5.98. The summed E-state index contributed by atoms with van der Waals surface area (Å²) in [4.78, 5) is 0. The summed E-state index contributed by atoms with van der Waals surface area (Å²) in [7, 11) is 0. The van der Waals surface area contributed by atoms with Crippen LogP contribution < -0.4 is 0 Å². The van der Waals surface area contributed by atoms with E-state index < -0.39 is 0 Å². The average Bonchev–Trinajstić information content (AvgIpc) is 2.18. The van der Waals surface area contributed by atoms with Gasteiger partial charge in [0.15, 0.2) is 0 Å². The standard InChI is InChI=1S/C13H21NO/c1-12(2)9-7-10(12)13(3,5-4-6-14)11(15)8-9/h9-11,15H,4-5,7-8H2,1-3H3/t9-,10-,11+,13+/m1/s1. The monoisotopic (exact) mass is 207 g/mol. The lowest BCUT2D eigenvalue weighted by atomic mass is 9.39. The van der Waals surface area contributed by atoms with Crippen LogP contribution in [0.2, 0.25) is 0 Å². The predicted octanol–water partition coefficient (Wildman–Crippen LogP) is 2.72. The van der Waals surface area contributed by atoms with Gasteiger partial charge in [0.05, 0.1) is 12.2 Å². The molecule has 2 bridgehead atoms. The molecule has 3 fully saturated rings. The summed E-state index contributed by atoms with van der Waals surface area (Å²) in [6.45, 7) is 6.82. The van der Waals surface area contributed by atoms with Crippen LogP contribution in [0.3, 0.4) is 0 Å². The highest BCUT2D eigenvalue weighted by molar-refractivity contribution is 5.11. The van der Waals surface area contributed by atoms with Crippen LogP contribution in [0.15, 0.2) is 0 Å². The zero-order valence-electron chi connectivity index (χ0n) is 9.95. The van der Waals surface area contributed by atoms with Gasteiger partial charge in [0.1, 0.15) is 0 Å². The van der Waals surface area contributed by atoms with Gasteiger partial charge in [-0.25, -0.2) is 0 Å². The Balaban J connectivity index is 2.18. The van der Waals surface area contributed by atoms with E-state index in [-0.39, 0.29) is 11.5 Å². The van der Waals surface area contributed by atoms with Crippen LogP contribution in [-0.2, 0) is 0 Å². The topological polar surface area (TPSA) is 44.0 Å². The minimum Gasteiger partial charge on any atom is -0.393 e. The maximum absolute atomic E-state index is 10.2. The van der Waals surface area contributed by atoms with Crippen LogP contribution in [0.25, 0.3) is 0 Å². The Morgan fingerprint density at radius 1 is 1.33 bits per heavy atom. The molecule has 1 N–H and O–H groups in total. The number of hydrogen-bond acceptors (Lipinski definition) is 2. The van der Waals surface area contributed by atoms with Crippen molar-refractivity contribution in [3.63, 3.8) is 0 Å². The Kier molecular flexibility index (Phi) is 2.35. The van der Waals surface area contributed by atoms with Crippen molar-refractivity contribution < 1.29 is 5.11 Å². The van der Waals surface area contributed by atoms with E-state index in [2.05, 4.69) is 26.8 Å². The molecule has 0 aromatic carbocycles. The molecule has 0 saturated heterocycles. The molecular weight excluding hydrogens is 186 g/mol. The fourth-order valence-corrected chi connectivity index (χ4v) is 3.97. The van der Waals surface area contributed by atoms with E-state index in [0.29, 0.717) is 23.7 Å². The number of nitriles is 1. The third kappa shape index (κ3) is 1.33. The zero-order valence-corrected chi connectivity index (χ0v) is 9.95. The molecule has 0 aliphatic heterocycles. The maximum atomic E-state index is 10.2. The third-order valence-corrected chi connectivity index (χ3v) is 5.31. The molecule has 15 heavy (non-hydrogen) atoms.